The van der Waals surface area contributed by atoms with Gasteiger partial charge in [-0.15, -0.1) is 0 Å². The fraction of sp³-hybridized carbons (Fsp3) is 0.318. The predicted molar refractivity (Wildman–Crippen MR) is 102 cm³/mol. The summed E-state index contributed by atoms with van der Waals surface area (Å²) >= 11 is 0. The molecule has 0 heterocycles. The molecule has 2 nitrogen and oxygen atoms in total. The first-order chi connectivity index (χ1) is 11.5. The molecule has 0 fully saturated rings. The number of rotatable bonds is 6. The van der Waals surface area contributed by atoms with Crippen LogP contribution in [0.15, 0.2) is 54.6 Å². The summed E-state index contributed by atoms with van der Waals surface area (Å²) in [6.45, 7) is 4.55. The molecule has 0 saturated carbocycles. The van der Waals surface area contributed by atoms with Crippen LogP contribution in [0.2, 0.25) is 0 Å². The van der Waals surface area contributed by atoms with Crippen LogP contribution in [0.3, 0.4) is 0 Å². The molecule has 0 unspecified atom stereocenters. The molecule has 0 saturated heterocycles. The topological polar surface area (TPSA) is 43.1 Å². The van der Waals surface area contributed by atoms with E-state index in [-0.39, 0.29) is 11.3 Å². The summed E-state index contributed by atoms with van der Waals surface area (Å²) in [6.07, 6.45) is 3.43. The van der Waals surface area contributed by atoms with Crippen molar-refractivity contribution in [3.63, 3.8) is 0 Å². The van der Waals surface area contributed by atoms with Crippen molar-refractivity contribution in [2.45, 2.75) is 44.9 Å². The van der Waals surface area contributed by atoms with Crippen LogP contribution in [-0.2, 0) is 10.2 Å². The highest BCUT2D eigenvalue weighted by Crippen LogP contribution is 2.32. The summed E-state index contributed by atoms with van der Waals surface area (Å²) in [5.74, 6) is -0.203. The average Bonchev–Trinajstić information content (AvgIpc) is 2.56. The Bertz CT molecular complexity index is 879. The van der Waals surface area contributed by atoms with Gasteiger partial charge in [0.2, 0.25) is 5.91 Å². The molecule has 3 aromatic carbocycles. The van der Waals surface area contributed by atoms with E-state index >= 15 is 0 Å². The first-order valence-corrected chi connectivity index (χ1v) is 8.67. The van der Waals surface area contributed by atoms with E-state index in [9.17, 15) is 4.79 Å². The second-order valence-corrected chi connectivity index (χ2v) is 7.32. The molecule has 0 spiro atoms. The van der Waals surface area contributed by atoms with Crippen molar-refractivity contribution in [3.05, 3.63) is 60.2 Å². The molecule has 0 aliphatic carbocycles. The highest BCUT2D eigenvalue weighted by molar-refractivity contribution is 5.98. The largest absolute Gasteiger partial charge is 0.370 e. The summed E-state index contributed by atoms with van der Waals surface area (Å²) < 4.78 is 0. The lowest BCUT2D eigenvalue weighted by Gasteiger charge is -2.26. The minimum absolute atomic E-state index is 0.0947. The Morgan fingerprint density at radius 3 is 2.17 bits per heavy atom. The maximum absolute atomic E-state index is 10.9. The fourth-order valence-corrected chi connectivity index (χ4v) is 3.37. The third-order valence-electron chi connectivity index (χ3n) is 4.96. The lowest BCUT2D eigenvalue weighted by atomic mass is 9.79. The van der Waals surface area contributed by atoms with Gasteiger partial charge in [0, 0.05) is 6.42 Å². The van der Waals surface area contributed by atoms with Crippen molar-refractivity contribution < 1.29 is 4.79 Å². The van der Waals surface area contributed by atoms with Crippen molar-refractivity contribution in [3.8, 4) is 0 Å². The number of hydrogen-bond acceptors (Lipinski definition) is 1. The number of benzene rings is 3. The molecular weight excluding hydrogens is 294 g/mol. The molecule has 0 atom stereocenters. The second kappa shape index (κ2) is 6.64. The van der Waals surface area contributed by atoms with Crippen LogP contribution >= 0.6 is 0 Å². The third-order valence-corrected chi connectivity index (χ3v) is 4.96. The zero-order valence-electron chi connectivity index (χ0n) is 14.5. The average molecular weight is 319 g/mol. The smallest absolute Gasteiger partial charge is 0.217 e. The highest BCUT2D eigenvalue weighted by atomic mass is 16.1. The molecule has 0 radical (unpaired) electrons. The number of hydrogen-bond donors (Lipinski definition) is 1. The van der Waals surface area contributed by atoms with Crippen LogP contribution in [-0.4, -0.2) is 5.91 Å². The van der Waals surface area contributed by atoms with Gasteiger partial charge in [0.1, 0.15) is 0 Å². The van der Waals surface area contributed by atoms with Gasteiger partial charge in [-0.05, 0) is 57.5 Å². The zero-order chi connectivity index (χ0) is 17.2. The van der Waals surface area contributed by atoms with E-state index in [4.69, 9.17) is 5.73 Å². The Balaban J connectivity index is 1.85. The lowest BCUT2D eigenvalue weighted by molar-refractivity contribution is -0.118. The zero-order valence-corrected chi connectivity index (χ0v) is 14.5. The molecule has 3 rings (SSSR count). The number of nitrogens with two attached hydrogens (primary N) is 1. The second-order valence-electron chi connectivity index (χ2n) is 7.32. The Labute approximate surface area is 143 Å². The van der Waals surface area contributed by atoms with Crippen molar-refractivity contribution in [2.24, 2.45) is 5.73 Å². The highest BCUT2D eigenvalue weighted by Gasteiger charge is 2.20. The van der Waals surface area contributed by atoms with Crippen LogP contribution in [0, 0.1) is 0 Å². The van der Waals surface area contributed by atoms with E-state index in [0.717, 1.165) is 19.3 Å². The lowest BCUT2D eigenvalue weighted by Crippen LogP contribution is -2.17. The Hall–Kier alpha value is -2.35. The van der Waals surface area contributed by atoms with E-state index in [1.165, 1.54) is 27.1 Å². The monoisotopic (exact) mass is 319 g/mol. The van der Waals surface area contributed by atoms with Gasteiger partial charge in [0.15, 0.2) is 0 Å². The molecule has 0 aliphatic rings. The van der Waals surface area contributed by atoms with Crippen LogP contribution in [0.1, 0.15) is 45.1 Å². The van der Waals surface area contributed by atoms with Gasteiger partial charge in [-0.25, -0.2) is 0 Å². The van der Waals surface area contributed by atoms with Crippen LogP contribution in [0.5, 0.6) is 0 Å². The third kappa shape index (κ3) is 3.59. The number of primary amides is 1. The minimum Gasteiger partial charge on any atom is -0.370 e. The molecule has 0 bridgehead atoms. The van der Waals surface area contributed by atoms with Crippen molar-refractivity contribution >= 4 is 27.5 Å². The number of fused-ring (bicyclic) bond motifs is 2. The molecule has 124 valence electrons. The van der Waals surface area contributed by atoms with Gasteiger partial charge in [-0.2, -0.15) is 0 Å². The quantitative estimate of drug-likeness (QED) is 0.485. The van der Waals surface area contributed by atoms with Crippen LogP contribution < -0.4 is 5.73 Å². The molecule has 0 aromatic heterocycles. The van der Waals surface area contributed by atoms with Crippen molar-refractivity contribution in [1.82, 2.24) is 0 Å². The summed E-state index contributed by atoms with van der Waals surface area (Å²) in [6, 6.07) is 19.8. The van der Waals surface area contributed by atoms with Gasteiger partial charge < -0.3 is 5.73 Å². The summed E-state index contributed by atoms with van der Waals surface area (Å²) in [7, 11) is 0. The first kappa shape index (κ1) is 16.5. The molecule has 1 amide bonds. The normalized spacial score (nSPS) is 11.9. The van der Waals surface area contributed by atoms with Gasteiger partial charge in [-0.1, -0.05) is 62.7 Å². The number of carbonyl (C=O) groups excluding carboxylic acids is 1. The molecular formula is C22H25NO. The fourth-order valence-electron chi connectivity index (χ4n) is 3.37. The SMILES string of the molecule is CC(C)(CCCCC(N)=O)c1ccc2cc3ccccc3cc2c1. The van der Waals surface area contributed by atoms with Crippen LogP contribution in [0.4, 0.5) is 0 Å². The maximum Gasteiger partial charge on any atom is 0.217 e. The summed E-state index contributed by atoms with van der Waals surface area (Å²) in [5, 5.41) is 5.13. The van der Waals surface area contributed by atoms with E-state index in [1.807, 2.05) is 0 Å². The molecule has 0 aliphatic heterocycles. The molecule has 24 heavy (non-hydrogen) atoms. The number of amides is 1. The van der Waals surface area contributed by atoms with Crippen LogP contribution in [0.25, 0.3) is 21.5 Å². The minimum atomic E-state index is -0.203. The van der Waals surface area contributed by atoms with Gasteiger partial charge in [0.05, 0.1) is 0 Å². The molecule has 3 aromatic rings. The Morgan fingerprint density at radius 1 is 0.875 bits per heavy atom. The number of unbranched alkanes of at least 4 members (excludes halogenated alkanes) is 1. The standard InChI is InChI=1S/C22H25NO/c1-22(2,12-6-5-9-21(23)24)20-11-10-18-13-16-7-3-4-8-17(16)14-19(18)15-20/h3-4,7-8,10-11,13-15H,5-6,9,12H2,1-2H3,(H2,23,24). The van der Waals surface area contributed by atoms with E-state index in [2.05, 4.69) is 68.4 Å². The summed E-state index contributed by atoms with van der Waals surface area (Å²) in [4.78, 5) is 10.9. The van der Waals surface area contributed by atoms with Crippen molar-refractivity contribution in [1.29, 1.82) is 0 Å². The molecule has 2 N–H and O–H groups in total. The predicted octanol–water partition coefficient (Wildman–Crippen LogP) is 5.32. The van der Waals surface area contributed by atoms with E-state index in [0.29, 0.717) is 6.42 Å². The van der Waals surface area contributed by atoms with Gasteiger partial charge in [0.25, 0.3) is 0 Å². The van der Waals surface area contributed by atoms with Crippen molar-refractivity contribution in [2.75, 3.05) is 0 Å². The molecule has 2 heteroatoms. The van der Waals surface area contributed by atoms with E-state index in [1.54, 1.807) is 0 Å². The van der Waals surface area contributed by atoms with E-state index < -0.39 is 0 Å². The summed E-state index contributed by atoms with van der Waals surface area (Å²) in [5.41, 5.74) is 6.67. The maximum atomic E-state index is 10.9. The Kier molecular flexibility index (Phi) is 4.57. The Morgan fingerprint density at radius 2 is 1.50 bits per heavy atom. The number of carbonyl (C=O) groups is 1. The van der Waals surface area contributed by atoms with Gasteiger partial charge in [-0.3, -0.25) is 4.79 Å². The first-order valence-electron chi connectivity index (χ1n) is 8.67. The van der Waals surface area contributed by atoms with Gasteiger partial charge >= 0.3 is 0 Å².